The number of aliphatic imine (C=N–C) groups is 1. The van der Waals surface area contributed by atoms with Crippen molar-refractivity contribution in [3.8, 4) is 0 Å². The number of unbranched alkanes of at least 4 members (excludes halogenated alkanes) is 1. The highest BCUT2D eigenvalue weighted by Gasteiger charge is 1.97. The molecule has 3 nitrogen and oxygen atoms in total. The topological polar surface area (TPSA) is 36.4 Å². The molecule has 2 N–H and O–H groups in total. The third-order valence-electron chi connectivity index (χ3n) is 2.33. The Morgan fingerprint density at radius 3 is 2.94 bits per heavy atom. The molecule has 0 bridgehead atoms. The lowest BCUT2D eigenvalue weighted by Crippen LogP contribution is -2.37. The van der Waals surface area contributed by atoms with Crippen LogP contribution in [-0.2, 0) is 6.54 Å². The van der Waals surface area contributed by atoms with E-state index in [2.05, 4.69) is 38.7 Å². The third-order valence-corrected chi connectivity index (χ3v) is 3.76. The van der Waals surface area contributed by atoms with Crippen molar-refractivity contribution in [3.63, 3.8) is 0 Å². The Bertz CT molecular complexity index is 310. The van der Waals surface area contributed by atoms with E-state index in [0.717, 1.165) is 19.0 Å². The SMILES string of the molecule is CN=C(NCCCCSC)NCc1ccsc1. The summed E-state index contributed by atoms with van der Waals surface area (Å²) in [6.07, 6.45) is 4.60. The van der Waals surface area contributed by atoms with Gasteiger partial charge in [-0.3, -0.25) is 4.99 Å². The zero-order valence-corrected chi connectivity index (χ0v) is 12.2. The first-order chi connectivity index (χ1) is 8.36. The molecule has 0 unspecified atom stereocenters. The molecule has 0 aromatic carbocycles. The molecule has 17 heavy (non-hydrogen) atoms. The Morgan fingerprint density at radius 1 is 1.41 bits per heavy atom. The molecule has 5 heteroatoms. The number of thiophene rings is 1. The number of hydrogen-bond acceptors (Lipinski definition) is 3. The summed E-state index contributed by atoms with van der Waals surface area (Å²) in [7, 11) is 1.81. The Morgan fingerprint density at radius 2 is 2.29 bits per heavy atom. The van der Waals surface area contributed by atoms with E-state index in [1.165, 1.54) is 24.2 Å². The summed E-state index contributed by atoms with van der Waals surface area (Å²) in [5, 5.41) is 10.9. The van der Waals surface area contributed by atoms with Gasteiger partial charge in [-0.05, 0) is 47.2 Å². The second kappa shape index (κ2) is 9.36. The second-order valence-electron chi connectivity index (χ2n) is 3.68. The van der Waals surface area contributed by atoms with Crippen molar-refractivity contribution in [3.05, 3.63) is 22.4 Å². The van der Waals surface area contributed by atoms with E-state index >= 15 is 0 Å². The van der Waals surface area contributed by atoms with Crippen molar-refractivity contribution >= 4 is 29.1 Å². The minimum atomic E-state index is 0.841. The molecule has 0 aliphatic carbocycles. The van der Waals surface area contributed by atoms with Gasteiger partial charge < -0.3 is 10.6 Å². The summed E-state index contributed by atoms with van der Waals surface area (Å²) >= 11 is 3.63. The van der Waals surface area contributed by atoms with E-state index < -0.39 is 0 Å². The highest BCUT2D eigenvalue weighted by atomic mass is 32.2. The molecule has 0 aliphatic heterocycles. The van der Waals surface area contributed by atoms with E-state index in [9.17, 15) is 0 Å². The molecule has 0 saturated carbocycles. The first-order valence-electron chi connectivity index (χ1n) is 5.81. The standard InChI is InChI=1S/C12H21N3S2/c1-13-12(14-6-3-4-7-16-2)15-9-11-5-8-17-10-11/h5,8,10H,3-4,6-7,9H2,1-2H3,(H2,13,14,15). The van der Waals surface area contributed by atoms with Crippen molar-refractivity contribution in [1.82, 2.24) is 10.6 Å². The minimum Gasteiger partial charge on any atom is -0.356 e. The predicted octanol–water partition coefficient (Wildman–Crippen LogP) is 2.56. The van der Waals surface area contributed by atoms with Crippen LogP contribution in [0.4, 0.5) is 0 Å². The van der Waals surface area contributed by atoms with Gasteiger partial charge in [-0.2, -0.15) is 23.1 Å². The number of hydrogen-bond donors (Lipinski definition) is 2. The third kappa shape index (κ3) is 6.58. The molecule has 0 amide bonds. The van der Waals surface area contributed by atoms with Crippen LogP contribution in [0.3, 0.4) is 0 Å². The highest BCUT2D eigenvalue weighted by molar-refractivity contribution is 7.98. The molecule has 0 spiro atoms. The largest absolute Gasteiger partial charge is 0.356 e. The molecule has 0 aliphatic rings. The van der Waals surface area contributed by atoms with Crippen LogP contribution in [-0.4, -0.2) is 31.6 Å². The van der Waals surface area contributed by atoms with Crippen molar-refractivity contribution in [2.75, 3.05) is 25.6 Å². The molecule has 0 atom stereocenters. The number of guanidine groups is 1. The number of rotatable bonds is 7. The van der Waals surface area contributed by atoms with E-state index in [-0.39, 0.29) is 0 Å². The maximum Gasteiger partial charge on any atom is 0.191 e. The fourth-order valence-corrected chi connectivity index (χ4v) is 2.54. The Hall–Kier alpha value is -0.680. The van der Waals surface area contributed by atoms with Crippen LogP contribution in [0.5, 0.6) is 0 Å². The van der Waals surface area contributed by atoms with Crippen molar-refractivity contribution < 1.29 is 0 Å². The van der Waals surface area contributed by atoms with Gasteiger partial charge in [0.25, 0.3) is 0 Å². The van der Waals surface area contributed by atoms with Crippen LogP contribution in [0.25, 0.3) is 0 Å². The van der Waals surface area contributed by atoms with Crippen molar-refractivity contribution in [2.24, 2.45) is 4.99 Å². The van der Waals surface area contributed by atoms with E-state index in [1.54, 1.807) is 11.3 Å². The van der Waals surface area contributed by atoms with Gasteiger partial charge in [0.15, 0.2) is 5.96 Å². The number of nitrogens with one attached hydrogen (secondary N) is 2. The van der Waals surface area contributed by atoms with Crippen LogP contribution in [0, 0.1) is 0 Å². The van der Waals surface area contributed by atoms with Crippen LogP contribution in [0.2, 0.25) is 0 Å². The van der Waals surface area contributed by atoms with Gasteiger partial charge in [0.05, 0.1) is 0 Å². The Kier molecular flexibility index (Phi) is 7.92. The molecule has 1 rings (SSSR count). The van der Waals surface area contributed by atoms with Crippen LogP contribution in [0.15, 0.2) is 21.8 Å². The lowest BCUT2D eigenvalue weighted by atomic mass is 10.3. The average Bonchev–Trinajstić information content (AvgIpc) is 2.86. The predicted molar refractivity (Wildman–Crippen MR) is 80.1 cm³/mol. The summed E-state index contributed by atoms with van der Waals surface area (Å²) in [5.41, 5.74) is 1.31. The van der Waals surface area contributed by atoms with Gasteiger partial charge in [-0.1, -0.05) is 0 Å². The fourth-order valence-electron chi connectivity index (χ4n) is 1.38. The van der Waals surface area contributed by atoms with Crippen LogP contribution < -0.4 is 10.6 Å². The highest BCUT2D eigenvalue weighted by Crippen LogP contribution is 2.04. The monoisotopic (exact) mass is 271 g/mol. The van der Waals surface area contributed by atoms with Gasteiger partial charge in [0.2, 0.25) is 0 Å². The molecule has 0 saturated heterocycles. The minimum absolute atomic E-state index is 0.841. The lowest BCUT2D eigenvalue weighted by molar-refractivity contribution is 0.733. The van der Waals surface area contributed by atoms with E-state index in [1.807, 2.05) is 18.8 Å². The average molecular weight is 271 g/mol. The number of thioether (sulfide) groups is 1. The molecule has 1 heterocycles. The van der Waals surface area contributed by atoms with Crippen molar-refractivity contribution in [1.29, 1.82) is 0 Å². The van der Waals surface area contributed by atoms with Gasteiger partial charge in [-0.25, -0.2) is 0 Å². The molecular formula is C12H21N3S2. The molecule has 96 valence electrons. The number of nitrogens with zero attached hydrogens (tertiary/aromatic N) is 1. The van der Waals surface area contributed by atoms with E-state index in [0.29, 0.717) is 0 Å². The van der Waals surface area contributed by atoms with Crippen molar-refractivity contribution in [2.45, 2.75) is 19.4 Å². The maximum atomic E-state index is 4.20. The zero-order valence-electron chi connectivity index (χ0n) is 10.5. The maximum absolute atomic E-state index is 4.20. The van der Waals surface area contributed by atoms with Gasteiger partial charge in [0, 0.05) is 20.1 Å². The Labute approximate surface area is 112 Å². The van der Waals surface area contributed by atoms with Crippen LogP contribution in [0.1, 0.15) is 18.4 Å². The van der Waals surface area contributed by atoms with Gasteiger partial charge in [0.1, 0.15) is 0 Å². The molecule has 1 aromatic rings. The van der Waals surface area contributed by atoms with Gasteiger partial charge in [-0.15, -0.1) is 0 Å². The first kappa shape index (κ1) is 14.4. The zero-order chi connectivity index (χ0) is 12.3. The summed E-state index contributed by atoms with van der Waals surface area (Å²) in [6, 6.07) is 2.13. The smallest absolute Gasteiger partial charge is 0.191 e. The second-order valence-corrected chi connectivity index (χ2v) is 5.45. The molecule has 0 fully saturated rings. The summed E-state index contributed by atoms with van der Waals surface area (Å²) in [5.74, 6) is 2.13. The normalized spacial score (nSPS) is 11.5. The lowest BCUT2D eigenvalue weighted by Gasteiger charge is -2.10. The summed E-state index contributed by atoms with van der Waals surface area (Å²) in [4.78, 5) is 4.20. The van der Waals surface area contributed by atoms with Crippen LogP contribution >= 0.6 is 23.1 Å². The van der Waals surface area contributed by atoms with Gasteiger partial charge >= 0.3 is 0 Å². The van der Waals surface area contributed by atoms with E-state index in [4.69, 9.17) is 0 Å². The first-order valence-corrected chi connectivity index (χ1v) is 8.15. The molecule has 0 radical (unpaired) electrons. The fraction of sp³-hybridized carbons (Fsp3) is 0.583. The summed E-state index contributed by atoms with van der Waals surface area (Å²) in [6.45, 7) is 1.83. The Balaban J connectivity index is 2.12. The quantitative estimate of drug-likeness (QED) is 0.454. The molecular weight excluding hydrogens is 250 g/mol. The molecule has 1 aromatic heterocycles. The summed E-state index contributed by atoms with van der Waals surface area (Å²) < 4.78 is 0.